The highest BCUT2D eigenvalue weighted by molar-refractivity contribution is 5.70. The van der Waals surface area contributed by atoms with Gasteiger partial charge in [-0.1, -0.05) is 13.0 Å². The zero-order valence-corrected chi connectivity index (χ0v) is 11.1. The maximum Gasteiger partial charge on any atom is 0.134 e. The van der Waals surface area contributed by atoms with Crippen molar-refractivity contribution < 1.29 is 13.9 Å². The monoisotopic (exact) mass is 266 g/mol. The van der Waals surface area contributed by atoms with E-state index in [0.29, 0.717) is 23.4 Å². The number of nitrogens with zero attached hydrogens (tertiary/aromatic N) is 2. The van der Waals surface area contributed by atoms with Gasteiger partial charge in [0.25, 0.3) is 0 Å². The summed E-state index contributed by atoms with van der Waals surface area (Å²) in [5, 5.41) is 14.2. The molecular formula is C14H16F2N2O. The molecule has 0 aliphatic heterocycles. The van der Waals surface area contributed by atoms with Crippen molar-refractivity contribution in [3.05, 3.63) is 41.2 Å². The van der Waals surface area contributed by atoms with Gasteiger partial charge in [-0.2, -0.15) is 5.10 Å². The van der Waals surface area contributed by atoms with Crippen LogP contribution in [0, 0.1) is 18.6 Å². The Labute approximate surface area is 110 Å². The first kappa shape index (κ1) is 13.7. The number of hydrogen-bond acceptors (Lipinski definition) is 2. The molecule has 1 N–H and O–H groups in total. The lowest BCUT2D eigenvalue weighted by Gasteiger charge is -2.13. The third-order valence-corrected chi connectivity index (χ3v) is 3.18. The number of aliphatic hydroxyl groups is 1. The Bertz CT molecular complexity index is 587. The van der Waals surface area contributed by atoms with Crippen molar-refractivity contribution in [3.63, 3.8) is 0 Å². The molecule has 0 bridgehead atoms. The van der Waals surface area contributed by atoms with Gasteiger partial charge >= 0.3 is 0 Å². The molecule has 1 aromatic heterocycles. The van der Waals surface area contributed by atoms with E-state index >= 15 is 0 Å². The van der Waals surface area contributed by atoms with Gasteiger partial charge in [-0.15, -0.1) is 0 Å². The van der Waals surface area contributed by atoms with Crippen LogP contribution in [0.25, 0.3) is 11.1 Å². The van der Waals surface area contributed by atoms with Crippen LogP contribution in [0.3, 0.4) is 0 Å². The fraction of sp³-hybridized carbons (Fsp3) is 0.357. The molecule has 0 spiro atoms. The van der Waals surface area contributed by atoms with Gasteiger partial charge in [0.15, 0.2) is 0 Å². The fourth-order valence-electron chi connectivity index (χ4n) is 2.30. The number of hydrogen-bond donors (Lipinski definition) is 1. The Kier molecular flexibility index (Phi) is 3.66. The minimum Gasteiger partial charge on any atom is -0.387 e. The van der Waals surface area contributed by atoms with Crippen LogP contribution in [0.2, 0.25) is 0 Å². The number of benzene rings is 1. The van der Waals surface area contributed by atoms with E-state index < -0.39 is 17.7 Å². The Balaban J connectivity index is 2.75. The number of aromatic nitrogens is 2. The van der Waals surface area contributed by atoms with E-state index in [0.717, 1.165) is 0 Å². The summed E-state index contributed by atoms with van der Waals surface area (Å²) in [7, 11) is 1.66. The van der Waals surface area contributed by atoms with Crippen LogP contribution in [0.15, 0.2) is 18.2 Å². The highest BCUT2D eigenvalue weighted by Gasteiger charge is 2.24. The molecule has 0 aliphatic rings. The number of halogens is 2. The maximum atomic E-state index is 13.9. The highest BCUT2D eigenvalue weighted by atomic mass is 19.1. The molecular weight excluding hydrogens is 250 g/mol. The number of aliphatic hydroxyl groups excluding tert-OH is 1. The molecule has 1 unspecified atom stereocenters. The molecule has 0 aliphatic carbocycles. The average molecular weight is 266 g/mol. The van der Waals surface area contributed by atoms with Crippen LogP contribution < -0.4 is 0 Å². The summed E-state index contributed by atoms with van der Waals surface area (Å²) in [6, 6.07) is 3.72. The second-order valence-corrected chi connectivity index (χ2v) is 4.49. The Morgan fingerprint density at radius 2 is 1.84 bits per heavy atom. The second-order valence-electron chi connectivity index (χ2n) is 4.49. The molecule has 1 heterocycles. The third kappa shape index (κ3) is 2.26. The summed E-state index contributed by atoms with van der Waals surface area (Å²) in [5.41, 5.74) is 1.14. The van der Waals surface area contributed by atoms with Gasteiger partial charge in [0, 0.05) is 12.6 Å². The van der Waals surface area contributed by atoms with Crippen molar-refractivity contribution in [2.45, 2.75) is 26.4 Å². The van der Waals surface area contributed by atoms with Gasteiger partial charge < -0.3 is 5.11 Å². The minimum absolute atomic E-state index is 0.129. The van der Waals surface area contributed by atoms with Crippen LogP contribution in [-0.4, -0.2) is 14.9 Å². The van der Waals surface area contributed by atoms with Crippen molar-refractivity contribution in [2.75, 3.05) is 0 Å². The quantitative estimate of drug-likeness (QED) is 0.927. The van der Waals surface area contributed by atoms with Crippen LogP contribution in [0.1, 0.15) is 30.8 Å². The predicted octanol–water partition coefficient (Wildman–Crippen LogP) is 3.12. The molecule has 0 amide bonds. The Morgan fingerprint density at radius 1 is 1.26 bits per heavy atom. The summed E-state index contributed by atoms with van der Waals surface area (Å²) in [6.07, 6.45) is -0.359. The van der Waals surface area contributed by atoms with E-state index in [2.05, 4.69) is 5.10 Å². The van der Waals surface area contributed by atoms with Gasteiger partial charge in [-0.3, -0.25) is 4.68 Å². The standard InChI is InChI=1S/C14H16F2N2O/c1-4-11(19)14-12(8(2)17-18(14)3)13-9(15)6-5-7-10(13)16/h5-7,11,19H,4H2,1-3H3. The Morgan fingerprint density at radius 3 is 2.37 bits per heavy atom. The SMILES string of the molecule is CCC(O)c1c(-c2c(F)cccc2F)c(C)nn1C. The van der Waals surface area contributed by atoms with Crippen molar-refractivity contribution in [2.24, 2.45) is 7.05 Å². The molecule has 1 aromatic carbocycles. The molecule has 0 saturated carbocycles. The molecule has 0 radical (unpaired) electrons. The summed E-state index contributed by atoms with van der Waals surface area (Å²) in [5.74, 6) is -1.30. The molecule has 2 aromatic rings. The third-order valence-electron chi connectivity index (χ3n) is 3.18. The lowest BCUT2D eigenvalue weighted by molar-refractivity contribution is 0.164. The van der Waals surface area contributed by atoms with E-state index in [9.17, 15) is 13.9 Å². The largest absolute Gasteiger partial charge is 0.387 e. The minimum atomic E-state index is -0.805. The van der Waals surface area contributed by atoms with Crippen LogP contribution in [0.5, 0.6) is 0 Å². The van der Waals surface area contributed by atoms with Crippen molar-refractivity contribution in [1.29, 1.82) is 0 Å². The number of rotatable bonds is 3. The first-order valence-electron chi connectivity index (χ1n) is 6.13. The van der Waals surface area contributed by atoms with Crippen LogP contribution in [-0.2, 0) is 7.05 Å². The fourth-order valence-corrected chi connectivity index (χ4v) is 2.30. The van der Waals surface area contributed by atoms with Crippen LogP contribution in [0.4, 0.5) is 8.78 Å². The smallest absolute Gasteiger partial charge is 0.134 e. The average Bonchev–Trinajstić information content (AvgIpc) is 2.64. The van der Waals surface area contributed by atoms with Gasteiger partial charge in [0.1, 0.15) is 11.6 Å². The van der Waals surface area contributed by atoms with Crippen LogP contribution >= 0.6 is 0 Å². The molecule has 0 fully saturated rings. The summed E-state index contributed by atoms with van der Waals surface area (Å²) >= 11 is 0. The second kappa shape index (κ2) is 5.09. The summed E-state index contributed by atoms with van der Waals surface area (Å²) in [4.78, 5) is 0. The summed E-state index contributed by atoms with van der Waals surface area (Å²) < 4.78 is 29.3. The van der Waals surface area contributed by atoms with E-state index in [1.54, 1.807) is 20.9 Å². The summed E-state index contributed by atoms with van der Waals surface area (Å²) in [6.45, 7) is 3.47. The zero-order chi connectivity index (χ0) is 14.2. The van der Waals surface area contributed by atoms with Gasteiger partial charge in [-0.05, 0) is 25.5 Å². The van der Waals surface area contributed by atoms with Gasteiger partial charge in [0.05, 0.1) is 23.1 Å². The van der Waals surface area contributed by atoms with E-state index in [4.69, 9.17) is 0 Å². The molecule has 2 rings (SSSR count). The van der Waals surface area contributed by atoms with Crippen molar-refractivity contribution >= 4 is 0 Å². The lowest BCUT2D eigenvalue weighted by atomic mass is 9.98. The lowest BCUT2D eigenvalue weighted by Crippen LogP contribution is -2.06. The zero-order valence-electron chi connectivity index (χ0n) is 11.1. The van der Waals surface area contributed by atoms with E-state index in [1.165, 1.54) is 22.9 Å². The predicted molar refractivity (Wildman–Crippen MR) is 68.5 cm³/mol. The Hall–Kier alpha value is -1.75. The first-order valence-corrected chi connectivity index (χ1v) is 6.13. The molecule has 0 saturated heterocycles. The first-order chi connectivity index (χ1) is 8.97. The highest BCUT2D eigenvalue weighted by Crippen LogP contribution is 2.35. The molecule has 102 valence electrons. The molecule has 3 nitrogen and oxygen atoms in total. The normalized spacial score (nSPS) is 12.7. The van der Waals surface area contributed by atoms with E-state index in [-0.39, 0.29) is 5.56 Å². The molecule has 1 atom stereocenters. The van der Waals surface area contributed by atoms with Gasteiger partial charge in [0.2, 0.25) is 0 Å². The van der Waals surface area contributed by atoms with Crippen molar-refractivity contribution in [3.8, 4) is 11.1 Å². The maximum absolute atomic E-state index is 13.9. The molecule has 5 heteroatoms. The topological polar surface area (TPSA) is 38.1 Å². The molecule has 19 heavy (non-hydrogen) atoms. The van der Waals surface area contributed by atoms with Gasteiger partial charge in [-0.25, -0.2) is 8.78 Å². The number of aryl methyl sites for hydroxylation is 2. The van der Waals surface area contributed by atoms with Crippen molar-refractivity contribution in [1.82, 2.24) is 9.78 Å². The van der Waals surface area contributed by atoms with E-state index in [1.807, 2.05) is 0 Å².